The topological polar surface area (TPSA) is 14.1 Å². The molecule has 1 aromatic rings. The second kappa shape index (κ2) is 4.78. The van der Waals surface area contributed by atoms with Gasteiger partial charge in [-0.3, -0.25) is 0 Å². The Morgan fingerprint density at radius 1 is 1.50 bits per heavy atom. The fourth-order valence-corrected chi connectivity index (χ4v) is 0.798. The molecule has 0 aliphatic heterocycles. The van der Waals surface area contributed by atoms with Gasteiger partial charge in [0.05, 0.1) is 5.38 Å². The molecule has 2 heteroatoms. The minimum Gasteiger partial charge on any atom is -0.206 e. The van der Waals surface area contributed by atoms with Crippen LogP contribution in [-0.2, 0) is 0 Å². The Balaban J connectivity index is 0.000000222. The Labute approximate surface area is 54.4 Å². The monoisotopic (exact) mass is 130 g/mol. The van der Waals surface area contributed by atoms with Crippen LogP contribution in [0.4, 0.5) is 0 Å². The Bertz CT molecular complexity index is 112. The summed E-state index contributed by atoms with van der Waals surface area (Å²) < 4.78 is 0. The standard InChI is InChI=1S/C4H5NS.C2H6/c1-4-5-2-3-6-4;1-2/h2-3H,1H3;1-2H3/p+1. The fourth-order valence-electron chi connectivity index (χ4n) is 0.321. The molecule has 0 aliphatic rings. The van der Waals surface area contributed by atoms with E-state index in [0.717, 1.165) is 0 Å². The maximum atomic E-state index is 3.02. The molecule has 0 aromatic carbocycles. The van der Waals surface area contributed by atoms with Crippen LogP contribution in [0.15, 0.2) is 11.6 Å². The molecule has 1 heterocycles. The molecule has 0 fully saturated rings. The molecule has 0 unspecified atom stereocenters. The van der Waals surface area contributed by atoms with Crippen molar-refractivity contribution in [2.75, 3.05) is 0 Å². The van der Waals surface area contributed by atoms with Crippen LogP contribution < -0.4 is 4.98 Å². The van der Waals surface area contributed by atoms with Gasteiger partial charge in [-0.15, -0.1) is 0 Å². The summed E-state index contributed by atoms with van der Waals surface area (Å²) in [5.41, 5.74) is 0. The Morgan fingerprint density at radius 3 is 2.25 bits per heavy atom. The number of rotatable bonds is 0. The van der Waals surface area contributed by atoms with Crippen LogP contribution >= 0.6 is 11.3 Å². The highest BCUT2D eigenvalue weighted by Crippen LogP contribution is 1.93. The van der Waals surface area contributed by atoms with Crippen molar-refractivity contribution in [3.05, 3.63) is 16.6 Å². The molecule has 0 saturated heterocycles. The van der Waals surface area contributed by atoms with E-state index in [2.05, 4.69) is 4.98 Å². The van der Waals surface area contributed by atoms with Crippen LogP contribution in [0.5, 0.6) is 0 Å². The van der Waals surface area contributed by atoms with Gasteiger partial charge in [0, 0.05) is 6.92 Å². The molecule has 0 saturated carbocycles. The first-order valence-corrected chi connectivity index (χ1v) is 3.69. The van der Waals surface area contributed by atoms with Crippen LogP contribution in [0, 0.1) is 6.92 Å². The number of H-pyrrole nitrogens is 1. The molecule has 0 radical (unpaired) electrons. The van der Waals surface area contributed by atoms with E-state index in [1.54, 1.807) is 11.3 Å². The molecule has 46 valence electrons. The molecule has 0 aliphatic carbocycles. The average molecular weight is 130 g/mol. The van der Waals surface area contributed by atoms with Crippen molar-refractivity contribution in [3.8, 4) is 0 Å². The van der Waals surface area contributed by atoms with Crippen molar-refractivity contribution in [1.29, 1.82) is 0 Å². The van der Waals surface area contributed by atoms with Gasteiger partial charge in [-0.2, -0.15) is 0 Å². The molecule has 1 aromatic heterocycles. The van der Waals surface area contributed by atoms with Gasteiger partial charge in [0.2, 0.25) is 5.01 Å². The quantitative estimate of drug-likeness (QED) is 0.509. The maximum absolute atomic E-state index is 3.02. The first kappa shape index (κ1) is 7.63. The molecule has 8 heavy (non-hydrogen) atoms. The normalized spacial score (nSPS) is 7.38. The van der Waals surface area contributed by atoms with E-state index >= 15 is 0 Å². The van der Waals surface area contributed by atoms with Gasteiger partial charge < -0.3 is 0 Å². The summed E-state index contributed by atoms with van der Waals surface area (Å²) in [6.07, 6.45) is 1.93. The fraction of sp³-hybridized carbons (Fsp3) is 0.500. The zero-order valence-corrected chi connectivity index (χ0v) is 6.38. The molecule has 0 amide bonds. The third kappa shape index (κ3) is 2.75. The van der Waals surface area contributed by atoms with E-state index in [4.69, 9.17) is 0 Å². The van der Waals surface area contributed by atoms with Crippen LogP contribution in [0.2, 0.25) is 0 Å². The first-order valence-electron chi connectivity index (χ1n) is 2.81. The van der Waals surface area contributed by atoms with Gasteiger partial charge in [0.1, 0.15) is 0 Å². The van der Waals surface area contributed by atoms with Crippen molar-refractivity contribution in [2.45, 2.75) is 20.8 Å². The molecular formula is C6H12NS+. The lowest BCUT2D eigenvalue weighted by Crippen LogP contribution is -1.95. The summed E-state index contributed by atoms with van der Waals surface area (Å²) in [6.45, 7) is 6.05. The number of aryl methyl sites for hydroxylation is 1. The maximum Gasteiger partial charge on any atom is 0.232 e. The second-order valence-corrected chi connectivity index (χ2v) is 2.24. The van der Waals surface area contributed by atoms with Crippen molar-refractivity contribution in [3.63, 3.8) is 0 Å². The van der Waals surface area contributed by atoms with Crippen LogP contribution in [0.25, 0.3) is 0 Å². The van der Waals surface area contributed by atoms with Gasteiger partial charge in [0.25, 0.3) is 0 Å². The van der Waals surface area contributed by atoms with E-state index in [9.17, 15) is 0 Å². The van der Waals surface area contributed by atoms with Crippen LogP contribution in [0.3, 0.4) is 0 Å². The SMILES string of the molecule is CC.Cc1[nH+]ccs1. The second-order valence-electron chi connectivity index (χ2n) is 1.12. The van der Waals surface area contributed by atoms with Gasteiger partial charge in [-0.05, 0) is 0 Å². The van der Waals surface area contributed by atoms with Crippen LogP contribution in [-0.4, -0.2) is 0 Å². The number of aromatic amines is 1. The summed E-state index contributed by atoms with van der Waals surface area (Å²) >= 11 is 1.72. The summed E-state index contributed by atoms with van der Waals surface area (Å²) in [5.74, 6) is 0. The minimum atomic E-state index is 1.26. The van der Waals surface area contributed by atoms with Gasteiger partial charge >= 0.3 is 0 Å². The number of nitrogens with one attached hydrogen (secondary N) is 1. The van der Waals surface area contributed by atoms with Crippen LogP contribution in [0.1, 0.15) is 18.9 Å². The Kier molecular flexibility index (Phi) is 4.56. The highest BCUT2D eigenvalue weighted by atomic mass is 32.1. The zero-order valence-electron chi connectivity index (χ0n) is 5.56. The van der Waals surface area contributed by atoms with Gasteiger partial charge in [0.15, 0.2) is 6.20 Å². The summed E-state index contributed by atoms with van der Waals surface area (Å²) in [6, 6.07) is 0. The smallest absolute Gasteiger partial charge is 0.206 e. The highest BCUT2D eigenvalue weighted by Gasteiger charge is 1.85. The lowest BCUT2D eigenvalue weighted by molar-refractivity contribution is -0.379. The van der Waals surface area contributed by atoms with Gasteiger partial charge in [-0.25, -0.2) is 4.98 Å². The van der Waals surface area contributed by atoms with E-state index in [1.807, 2.05) is 32.3 Å². The number of thiazole rings is 1. The molecule has 0 spiro atoms. The van der Waals surface area contributed by atoms with Crippen molar-refractivity contribution in [1.82, 2.24) is 0 Å². The van der Waals surface area contributed by atoms with E-state index in [0.29, 0.717) is 0 Å². The average Bonchev–Trinajstić information content (AvgIpc) is 2.24. The number of aromatic nitrogens is 1. The molecule has 1 N–H and O–H groups in total. The molecule has 0 bridgehead atoms. The van der Waals surface area contributed by atoms with Gasteiger partial charge in [-0.1, -0.05) is 25.2 Å². The van der Waals surface area contributed by atoms with Crippen molar-refractivity contribution >= 4 is 11.3 Å². The summed E-state index contributed by atoms with van der Waals surface area (Å²) in [5, 5.41) is 3.28. The van der Waals surface area contributed by atoms with Crippen molar-refractivity contribution < 1.29 is 4.98 Å². The molecule has 0 atom stereocenters. The lowest BCUT2D eigenvalue weighted by Gasteiger charge is -1.56. The largest absolute Gasteiger partial charge is 0.232 e. The summed E-state index contributed by atoms with van der Waals surface area (Å²) in [7, 11) is 0. The molecular weight excluding hydrogens is 118 g/mol. The van der Waals surface area contributed by atoms with Crippen molar-refractivity contribution in [2.24, 2.45) is 0 Å². The lowest BCUT2D eigenvalue weighted by atomic mass is 10.8. The van der Waals surface area contributed by atoms with E-state index in [-0.39, 0.29) is 0 Å². The predicted molar refractivity (Wildman–Crippen MR) is 37.0 cm³/mol. The molecule has 1 nitrogen and oxygen atoms in total. The first-order chi connectivity index (χ1) is 3.89. The summed E-state index contributed by atoms with van der Waals surface area (Å²) in [4.78, 5) is 3.02. The van der Waals surface area contributed by atoms with E-state index < -0.39 is 0 Å². The Hall–Kier alpha value is -0.370. The Morgan fingerprint density at radius 2 is 2.12 bits per heavy atom. The highest BCUT2D eigenvalue weighted by molar-refractivity contribution is 7.09. The zero-order chi connectivity index (χ0) is 6.41. The minimum absolute atomic E-state index is 1.26. The number of hydrogen-bond acceptors (Lipinski definition) is 1. The number of hydrogen-bond donors (Lipinski definition) is 0. The third-order valence-corrected chi connectivity index (χ3v) is 1.34. The van der Waals surface area contributed by atoms with E-state index in [1.165, 1.54) is 5.01 Å². The third-order valence-electron chi connectivity index (χ3n) is 0.599. The predicted octanol–water partition coefficient (Wildman–Crippen LogP) is 1.90. The molecule has 1 rings (SSSR count).